The maximum Gasteiger partial charge on any atom is 0.226 e. The number of methoxy groups -OCH3 is 2. The van der Waals surface area contributed by atoms with Crippen LogP contribution in [-0.2, 0) is 27.2 Å². The number of nitrogens with zero attached hydrogens (tertiary/aromatic N) is 2. The van der Waals surface area contributed by atoms with Crippen molar-refractivity contribution < 1.29 is 19.0 Å². The van der Waals surface area contributed by atoms with Gasteiger partial charge in [0.05, 0.1) is 32.1 Å². The number of aromatic nitrogens is 1. The molecule has 6 nitrogen and oxygen atoms in total. The molecule has 1 aromatic heterocycles. The Labute approximate surface area is 205 Å². The van der Waals surface area contributed by atoms with Crippen molar-refractivity contribution in [3.05, 3.63) is 57.9 Å². The number of hydrogen-bond acceptors (Lipinski definition) is 5. The summed E-state index contributed by atoms with van der Waals surface area (Å²) in [5, 5.41) is 0. The molecule has 1 unspecified atom stereocenters. The summed E-state index contributed by atoms with van der Waals surface area (Å²) in [5.74, 6) is 0.833. The van der Waals surface area contributed by atoms with Gasteiger partial charge in [0.1, 0.15) is 5.75 Å². The van der Waals surface area contributed by atoms with Gasteiger partial charge in [-0.25, -0.2) is 0 Å². The molecule has 2 atom stereocenters. The van der Waals surface area contributed by atoms with Gasteiger partial charge in [-0.1, -0.05) is 13.0 Å². The lowest BCUT2D eigenvalue weighted by atomic mass is 9.90. The van der Waals surface area contributed by atoms with E-state index in [1.165, 1.54) is 5.56 Å². The van der Waals surface area contributed by atoms with Gasteiger partial charge < -0.3 is 19.1 Å². The number of carbonyl (C=O) groups excluding carboxylic acids is 1. The highest BCUT2D eigenvalue weighted by Crippen LogP contribution is 2.26. The van der Waals surface area contributed by atoms with Crippen LogP contribution in [0, 0.1) is 33.6 Å². The third kappa shape index (κ3) is 7.54. The van der Waals surface area contributed by atoms with Crippen LogP contribution in [-0.4, -0.2) is 55.9 Å². The van der Waals surface area contributed by atoms with Crippen molar-refractivity contribution in [1.82, 2.24) is 9.88 Å². The first-order chi connectivity index (χ1) is 16.2. The molecule has 0 spiro atoms. The summed E-state index contributed by atoms with van der Waals surface area (Å²) in [5.41, 5.74) is 6.53. The Morgan fingerprint density at radius 1 is 1.03 bits per heavy atom. The second kappa shape index (κ2) is 13.4. The molecule has 0 aliphatic carbocycles. The summed E-state index contributed by atoms with van der Waals surface area (Å²) >= 11 is 0. The molecule has 2 aromatic rings. The zero-order valence-corrected chi connectivity index (χ0v) is 22.2. The number of hydrogen-bond donors (Lipinski definition) is 0. The maximum absolute atomic E-state index is 13.9. The SMILES string of the molecule is CCOC(COC)CN(Cc1ccc(C)c(C)n1)C(=O)[C@@H](CC)Cc1c(C)cc(OC)cc1C. The van der Waals surface area contributed by atoms with Gasteiger partial charge in [-0.2, -0.15) is 0 Å². The molecule has 34 heavy (non-hydrogen) atoms. The third-order valence-electron chi connectivity index (χ3n) is 6.45. The van der Waals surface area contributed by atoms with Gasteiger partial charge in [-0.15, -0.1) is 0 Å². The van der Waals surface area contributed by atoms with Gasteiger partial charge in [0.2, 0.25) is 5.91 Å². The normalized spacial score (nSPS) is 12.9. The monoisotopic (exact) mass is 470 g/mol. The van der Waals surface area contributed by atoms with Crippen molar-refractivity contribution in [2.24, 2.45) is 5.92 Å². The van der Waals surface area contributed by atoms with E-state index < -0.39 is 0 Å². The van der Waals surface area contributed by atoms with E-state index in [1.54, 1.807) is 14.2 Å². The number of rotatable bonds is 13. The maximum atomic E-state index is 13.9. The number of pyridine rings is 1. The van der Waals surface area contributed by atoms with Crippen LogP contribution in [0.2, 0.25) is 0 Å². The second-order valence-corrected chi connectivity index (χ2v) is 9.01. The van der Waals surface area contributed by atoms with E-state index in [9.17, 15) is 4.79 Å². The molecule has 0 saturated heterocycles. The van der Waals surface area contributed by atoms with E-state index in [4.69, 9.17) is 19.2 Å². The highest BCUT2D eigenvalue weighted by molar-refractivity contribution is 5.79. The van der Waals surface area contributed by atoms with Gasteiger partial charge in [0, 0.05) is 31.9 Å². The van der Waals surface area contributed by atoms with Crippen LogP contribution in [0.1, 0.15) is 53.9 Å². The minimum absolute atomic E-state index is 0.123. The molecule has 0 aliphatic rings. The van der Waals surface area contributed by atoms with Crippen molar-refractivity contribution in [2.45, 2.75) is 67.0 Å². The van der Waals surface area contributed by atoms with Crippen LogP contribution in [0.3, 0.4) is 0 Å². The van der Waals surface area contributed by atoms with Crippen molar-refractivity contribution in [3.63, 3.8) is 0 Å². The van der Waals surface area contributed by atoms with Crippen LogP contribution in [0.15, 0.2) is 24.3 Å². The van der Waals surface area contributed by atoms with Crippen molar-refractivity contribution >= 4 is 5.91 Å². The van der Waals surface area contributed by atoms with E-state index in [1.807, 2.05) is 43.9 Å². The van der Waals surface area contributed by atoms with Gasteiger partial charge >= 0.3 is 0 Å². The Kier molecular flexibility index (Phi) is 11.0. The van der Waals surface area contributed by atoms with E-state index in [0.717, 1.165) is 40.2 Å². The number of ether oxygens (including phenoxy) is 3. The molecule has 6 heteroatoms. The molecule has 0 radical (unpaired) electrons. The topological polar surface area (TPSA) is 60.9 Å². The summed E-state index contributed by atoms with van der Waals surface area (Å²) in [7, 11) is 3.34. The fraction of sp³-hybridized carbons (Fsp3) is 0.571. The number of aryl methyl sites for hydroxylation is 4. The number of benzene rings is 1. The molecule has 0 N–H and O–H groups in total. The van der Waals surface area contributed by atoms with E-state index >= 15 is 0 Å². The fourth-order valence-electron chi connectivity index (χ4n) is 4.32. The molecule has 1 heterocycles. The molecular weight excluding hydrogens is 428 g/mol. The first-order valence-electron chi connectivity index (χ1n) is 12.2. The number of amides is 1. The predicted molar refractivity (Wildman–Crippen MR) is 136 cm³/mol. The Bertz CT molecular complexity index is 915. The van der Waals surface area contributed by atoms with E-state index in [0.29, 0.717) is 32.7 Å². The Hall–Kier alpha value is -2.44. The zero-order chi connectivity index (χ0) is 25.3. The van der Waals surface area contributed by atoms with Crippen LogP contribution >= 0.6 is 0 Å². The molecule has 188 valence electrons. The lowest BCUT2D eigenvalue weighted by Crippen LogP contribution is -2.43. The summed E-state index contributed by atoms with van der Waals surface area (Å²) < 4.78 is 16.7. The lowest BCUT2D eigenvalue weighted by molar-refractivity contribution is -0.139. The zero-order valence-electron chi connectivity index (χ0n) is 22.2. The Balaban J connectivity index is 2.34. The second-order valence-electron chi connectivity index (χ2n) is 9.01. The molecule has 0 aliphatic heterocycles. The van der Waals surface area contributed by atoms with Crippen molar-refractivity contribution in [2.75, 3.05) is 34.0 Å². The Morgan fingerprint density at radius 2 is 1.71 bits per heavy atom. The molecule has 2 rings (SSSR count). The smallest absolute Gasteiger partial charge is 0.226 e. The lowest BCUT2D eigenvalue weighted by Gasteiger charge is -2.31. The Morgan fingerprint density at radius 3 is 2.24 bits per heavy atom. The van der Waals surface area contributed by atoms with Gasteiger partial charge in [0.15, 0.2) is 0 Å². The first-order valence-corrected chi connectivity index (χ1v) is 12.2. The van der Waals surface area contributed by atoms with Crippen LogP contribution in [0.25, 0.3) is 0 Å². The fourth-order valence-corrected chi connectivity index (χ4v) is 4.32. The molecular formula is C28H42N2O4. The standard InChI is InChI=1S/C28H42N2O4/c1-9-23(15-27-20(4)13-25(33-8)14-21(27)5)28(31)30(17-26(18-32-7)34-10-2)16-24-12-11-19(3)22(6)29-24/h11-14,23,26H,9-10,15-18H2,1-8H3/t23-,26?/m0/s1. The van der Waals surface area contributed by atoms with Crippen LogP contribution < -0.4 is 4.74 Å². The molecule has 1 aromatic carbocycles. The van der Waals surface area contributed by atoms with E-state index in [-0.39, 0.29) is 17.9 Å². The third-order valence-corrected chi connectivity index (χ3v) is 6.45. The minimum Gasteiger partial charge on any atom is -0.497 e. The summed E-state index contributed by atoms with van der Waals surface area (Å²) in [4.78, 5) is 20.5. The van der Waals surface area contributed by atoms with Crippen molar-refractivity contribution in [1.29, 1.82) is 0 Å². The van der Waals surface area contributed by atoms with Gasteiger partial charge in [-0.05, 0) is 87.9 Å². The van der Waals surface area contributed by atoms with Crippen LogP contribution in [0.5, 0.6) is 5.75 Å². The molecule has 1 amide bonds. The highest BCUT2D eigenvalue weighted by Gasteiger charge is 2.27. The van der Waals surface area contributed by atoms with Crippen LogP contribution in [0.4, 0.5) is 0 Å². The molecule has 0 fully saturated rings. The molecule has 0 bridgehead atoms. The van der Waals surface area contributed by atoms with E-state index in [2.05, 4.69) is 26.8 Å². The van der Waals surface area contributed by atoms with Gasteiger partial charge in [0.25, 0.3) is 0 Å². The summed E-state index contributed by atoms with van der Waals surface area (Å²) in [6.07, 6.45) is 1.26. The van der Waals surface area contributed by atoms with Crippen molar-refractivity contribution in [3.8, 4) is 5.75 Å². The first kappa shape index (κ1) is 27.8. The minimum atomic E-state index is -0.188. The largest absolute Gasteiger partial charge is 0.497 e. The predicted octanol–water partition coefficient (Wildman–Crippen LogP) is 4.97. The van der Waals surface area contributed by atoms with Gasteiger partial charge in [-0.3, -0.25) is 9.78 Å². The average molecular weight is 471 g/mol. The average Bonchev–Trinajstić information content (AvgIpc) is 2.80. The number of carbonyl (C=O) groups is 1. The quantitative estimate of drug-likeness (QED) is 0.414. The highest BCUT2D eigenvalue weighted by atomic mass is 16.5. The summed E-state index contributed by atoms with van der Waals surface area (Å²) in [6.45, 7) is 14.2. The summed E-state index contributed by atoms with van der Waals surface area (Å²) in [6, 6.07) is 8.16. The molecule has 0 saturated carbocycles.